The second kappa shape index (κ2) is 5.43. The van der Waals surface area contributed by atoms with E-state index in [9.17, 15) is 9.59 Å². The van der Waals surface area contributed by atoms with E-state index in [1.165, 1.54) is 0 Å². The number of anilines is 1. The average Bonchev–Trinajstić information content (AvgIpc) is 2.95. The van der Waals surface area contributed by atoms with Gasteiger partial charge in [-0.1, -0.05) is 0 Å². The Hall–Kier alpha value is -2.57. The number of carbonyl (C=O) groups is 2. The molecule has 0 saturated carbocycles. The Morgan fingerprint density at radius 1 is 1.19 bits per heavy atom. The minimum atomic E-state index is -0.142. The van der Waals surface area contributed by atoms with Crippen molar-refractivity contribution in [1.29, 1.82) is 0 Å². The van der Waals surface area contributed by atoms with Crippen LogP contribution in [0, 0.1) is 0 Å². The summed E-state index contributed by atoms with van der Waals surface area (Å²) in [7, 11) is 0. The number of imidazole rings is 1. The molecule has 0 radical (unpaired) electrons. The smallest absolute Gasteiger partial charge is 0.321 e. The summed E-state index contributed by atoms with van der Waals surface area (Å²) in [4.78, 5) is 34.1. The first kappa shape index (κ1) is 13.4. The van der Waals surface area contributed by atoms with Gasteiger partial charge in [0.15, 0.2) is 0 Å². The number of hydrogen-bond donors (Lipinski definition) is 2. The first-order chi connectivity index (χ1) is 10.1. The molecule has 1 aliphatic heterocycles. The molecule has 1 aromatic heterocycles. The second-order valence-corrected chi connectivity index (χ2v) is 5.06. The molecule has 3 amide bonds. The number of nitrogens with one attached hydrogen (secondary N) is 2. The van der Waals surface area contributed by atoms with Gasteiger partial charge in [-0.15, -0.1) is 0 Å². The van der Waals surface area contributed by atoms with Crippen molar-refractivity contribution >= 4 is 28.7 Å². The summed E-state index contributed by atoms with van der Waals surface area (Å²) >= 11 is 0. The van der Waals surface area contributed by atoms with Gasteiger partial charge < -0.3 is 20.1 Å². The van der Waals surface area contributed by atoms with Crippen LogP contribution >= 0.6 is 0 Å². The lowest BCUT2D eigenvalue weighted by atomic mass is 10.2. The van der Waals surface area contributed by atoms with Gasteiger partial charge in [0.1, 0.15) is 0 Å². The van der Waals surface area contributed by atoms with Crippen LogP contribution in [-0.2, 0) is 4.79 Å². The van der Waals surface area contributed by atoms with Gasteiger partial charge in [-0.3, -0.25) is 4.79 Å². The van der Waals surface area contributed by atoms with E-state index in [-0.39, 0.29) is 11.9 Å². The highest BCUT2D eigenvalue weighted by molar-refractivity contribution is 5.92. The van der Waals surface area contributed by atoms with Gasteiger partial charge in [-0.05, 0) is 18.2 Å². The summed E-state index contributed by atoms with van der Waals surface area (Å²) in [6.07, 6.45) is 1.62. The molecule has 1 fully saturated rings. The van der Waals surface area contributed by atoms with Crippen LogP contribution in [-0.4, -0.2) is 57.9 Å². The maximum Gasteiger partial charge on any atom is 0.321 e. The molecule has 1 saturated heterocycles. The van der Waals surface area contributed by atoms with Gasteiger partial charge in [0.25, 0.3) is 0 Å². The van der Waals surface area contributed by atoms with E-state index in [2.05, 4.69) is 15.3 Å². The zero-order chi connectivity index (χ0) is 14.8. The third kappa shape index (κ3) is 2.81. The predicted molar refractivity (Wildman–Crippen MR) is 78.9 cm³/mol. The number of urea groups is 1. The van der Waals surface area contributed by atoms with Gasteiger partial charge in [0.2, 0.25) is 5.91 Å². The van der Waals surface area contributed by atoms with Crippen LogP contribution in [0.3, 0.4) is 0 Å². The molecule has 0 unspecified atom stereocenters. The molecule has 0 aliphatic carbocycles. The van der Waals surface area contributed by atoms with Crippen LogP contribution in [0.1, 0.15) is 6.92 Å². The van der Waals surface area contributed by atoms with Crippen LogP contribution in [0.5, 0.6) is 0 Å². The normalized spacial score (nSPS) is 15.3. The quantitative estimate of drug-likeness (QED) is 0.828. The monoisotopic (exact) mass is 287 g/mol. The second-order valence-electron chi connectivity index (χ2n) is 5.06. The van der Waals surface area contributed by atoms with E-state index in [4.69, 9.17) is 0 Å². The minimum absolute atomic E-state index is 0.0553. The molecule has 0 atom stereocenters. The molecule has 2 heterocycles. The molecule has 0 spiro atoms. The highest BCUT2D eigenvalue weighted by Crippen LogP contribution is 2.16. The summed E-state index contributed by atoms with van der Waals surface area (Å²) in [5.74, 6) is 0.0553. The summed E-state index contributed by atoms with van der Waals surface area (Å²) < 4.78 is 0. The molecule has 7 heteroatoms. The third-order valence-electron chi connectivity index (χ3n) is 3.68. The van der Waals surface area contributed by atoms with Crippen molar-refractivity contribution in [2.75, 3.05) is 31.5 Å². The Labute approximate surface area is 121 Å². The van der Waals surface area contributed by atoms with Crippen LogP contribution in [0.4, 0.5) is 10.5 Å². The number of piperazine rings is 1. The molecule has 21 heavy (non-hydrogen) atoms. The van der Waals surface area contributed by atoms with Crippen molar-refractivity contribution in [3.63, 3.8) is 0 Å². The Morgan fingerprint density at radius 2 is 1.90 bits per heavy atom. The molecule has 3 rings (SSSR count). The molecule has 1 aromatic carbocycles. The number of H-pyrrole nitrogens is 1. The average molecular weight is 287 g/mol. The molecule has 2 N–H and O–H groups in total. The first-order valence-electron chi connectivity index (χ1n) is 6.88. The maximum atomic E-state index is 12.2. The Balaban J connectivity index is 1.62. The predicted octanol–water partition coefficient (Wildman–Crippen LogP) is 1.26. The minimum Gasteiger partial charge on any atom is -0.345 e. The number of rotatable bonds is 1. The number of amides is 3. The topological polar surface area (TPSA) is 81.3 Å². The molecular weight excluding hydrogens is 270 g/mol. The molecular formula is C14H17N5O2. The Kier molecular flexibility index (Phi) is 3.47. The number of aromatic nitrogens is 2. The Morgan fingerprint density at radius 3 is 2.62 bits per heavy atom. The summed E-state index contributed by atoms with van der Waals surface area (Å²) in [6, 6.07) is 5.39. The molecule has 0 bridgehead atoms. The van der Waals surface area contributed by atoms with Gasteiger partial charge in [-0.25, -0.2) is 9.78 Å². The molecule has 7 nitrogen and oxygen atoms in total. The number of hydrogen-bond acceptors (Lipinski definition) is 3. The highest BCUT2D eigenvalue weighted by Gasteiger charge is 2.22. The van der Waals surface area contributed by atoms with Gasteiger partial charge in [0, 0.05) is 38.8 Å². The lowest BCUT2D eigenvalue weighted by Crippen LogP contribution is -2.51. The third-order valence-corrected chi connectivity index (χ3v) is 3.68. The highest BCUT2D eigenvalue weighted by atomic mass is 16.2. The standard InChI is InChI=1S/C14H17N5O2/c1-10(20)18-4-6-19(7-5-18)14(21)17-11-2-3-12-13(8-11)16-9-15-12/h2-3,8-9H,4-7H2,1H3,(H,15,16)(H,17,21). The van der Waals surface area contributed by atoms with Gasteiger partial charge in [-0.2, -0.15) is 0 Å². The fourth-order valence-electron chi connectivity index (χ4n) is 2.44. The largest absolute Gasteiger partial charge is 0.345 e. The van der Waals surface area contributed by atoms with E-state index >= 15 is 0 Å². The van der Waals surface area contributed by atoms with Gasteiger partial charge in [0.05, 0.1) is 17.4 Å². The van der Waals surface area contributed by atoms with E-state index in [1.54, 1.807) is 23.1 Å². The zero-order valence-corrected chi connectivity index (χ0v) is 11.8. The van der Waals surface area contributed by atoms with Crippen molar-refractivity contribution in [2.45, 2.75) is 6.92 Å². The number of nitrogens with zero attached hydrogens (tertiary/aromatic N) is 3. The lowest BCUT2D eigenvalue weighted by molar-refractivity contribution is -0.130. The van der Waals surface area contributed by atoms with Crippen molar-refractivity contribution in [3.8, 4) is 0 Å². The SMILES string of the molecule is CC(=O)N1CCN(C(=O)Nc2ccc3nc[nH]c3c2)CC1. The van der Waals surface area contributed by atoms with Crippen LogP contribution in [0.15, 0.2) is 24.5 Å². The van der Waals surface area contributed by atoms with E-state index in [1.807, 2.05) is 18.2 Å². The number of aromatic amines is 1. The van der Waals surface area contributed by atoms with Crippen molar-refractivity contribution < 1.29 is 9.59 Å². The van der Waals surface area contributed by atoms with E-state index in [0.717, 1.165) is 16.7 Å². The van der Waals surface area contributed by atoms with Crippen LogP contribution in [0.2, 0.25) is 0 Å². The number of fused-ring (bicyclic) bond motifs is 1. The molecule has 110 valence electrons. The fourth-order valence-corrected chi connectivity index (χ4v) is 2.44. The van der Waals surface area contributed by atoms with Crippen molar-refractivity contribution in [3.05, 3.63) is 24.5 Å². The fraction of sp³-hybridized carbons (Fsp3) is 0.357. The Bertz CT molecular complexity index is 673. The number of benzene rings is 1. The van der Waals surface area contributed by atoms with Crippen LogP contribution in [0.25, 0.3) is 11.0 Å². The summed E-state index contributed by atoms with van der Waals surface area (Å²) in [5, 5.41) is 2.87. The maximum absolute atomic E-state index is 12.2. The van der Waals surface area contributed by atoms with Crippen molar-refractivity contribution in [1.82, 2.24) is 19.8 Å². The zero-order valence-electron chi connectivity index (χ0n) is 11.8. The van der Waals surface area contributed by atoms with Crippen molar-refractivity contribution in [2.24, 2.45) is 0 Å². The molecule has 2 aromatic rings. The van der Waals surface area contributed by atoms with Gasteiger partial charge >= 0.3 is 6.03 Å². The number of carbonyl (C=O) groups excluding carboxylic acids is 2. The van der Waals surface area contributed by atoms with E-state index in [0.29, 0.717) is 26.2 Å². The lowest BCUT2D eigenvalue weighted by Gasteiger charge is -2.34. The molecule has 1 aliphatic rings. The van der Waals surface area contributed by atoms with E-state index < -0.39 is 0 Å². The van der Waals surface area contributed by atoms with Crippen LogP contribution < -0.4 is 5.32 Å². The summed E-state index contributed by atoms with van der Waals surface area (Å²) in [6.45, 7) is 3.83. The first-order valence-corrected chi connectivity index (χ1v) is 6.88. The summed E-state index contributed by atoms with van der Waals surface area (Å²) in [5.41, 5.74) is 2.48.